The van der Waals surface area contributed by atoms with Gasteiger partial charge in [-0.2, -0.15) is 0 Å². The summed E-state index contributed by atoms with van der Waals surface area (Å²) in [5.74, 6) is 0. The minimum Gasteiger partial charge on any atom is -0.264 e. The molecule has 0 amide bonds. The van der Waals surface area contributed by atoms with E-state index in [1.807, 2.05) is 48.8 Å². The quantitative estimate of drug-likeness (QED) is 0.520. The van der Waals surface area contributed by atoms with Crippen molar-refractivity contribution in [2.75, 3.05) is 0 Å². The Bertz CT molecular complexity index is 797. The minimum absolute atomic E-state index is 0.163. The van der Waals surface area contributed by atoms with Gasteiger partial charge in [-0.1, -0.05) is 35.6 Å². The average molecular weight is 296 g/mol. The van der Waals surface area contributed by atoms with Crippen LogP contribution in [0, 0.1) is 17.0 Å². The molecule has 0 atom stereocenters. The van der Waals surface area contributed by atoms with E-state index in [2.05, 4.69) is 4.98 Å². The van der Waals surface area contributed by atoms with E-state index < -0.39 is 0 Å². The van der Waals surface area contributed by atoms with Gasteiger partial charge in [-0.25, -0.2) is 0 Å². The van der Waals surface area contributed by atoms with Gasteiger partial charge in [0, 0.05) is 29.4 Å². The zero-order chi connectivity index (χ0) is 14.8. The Kier molecular flexibility index (Phi) is 3.50. The van der Waals surface area contributed by atoms with Crippen molar-refractivity contribution in [2.45, 2.75) is 6.92 Å². The first-order valence-electron chi connectivity index (χ1n) is 6.40. The van der Waals surface area contributed by atoms with Crippen LogP contribution in [0.1, 0.15) is 5.56 Å². The Balaban J connectivity index is 2.10. The van der Waals surface area contributed by atoms with Crippen molar-refractivity contribution in [3.05, 3.63) is 69.8 Å². The first-order valence-corrected chi connectivity index (χ1v) is 7.28. The van der Waals surface area contributed by atoms with Crippen LogP contribution in [0.25, 0.3) is 22.3 Å². The number of rotatable bonds is 3. The third kappa shape index (κ3) is 2.55. The fourth-order valence-electron chi connectivity index (χ4n) is 2.35. The lowest BCUT2D eigenvalue weighted by Crippen LogP contribution is -1.88. The van der Waals surface area contributed by atoms with Crippen LogP contribution in [0.2, 0.25) is 0 Å². The molecular weight excluding hydrogens is 284 g/mol. The van der Waals surface area contributed by atoms with E-state index in [4.69, 9.17) is 0 Å². The van der Waals surface area contributed by atoms with E-state index in [1.54, 1.807) is 12.3 Å². The second kappa shape index (κ2) is 5.46. The number of thiophene rings is 1. The molecule has 0 spiro atoms. The topological polar surface area (TPSA) is 56.0 Å². The molecule has 0 radical (unpaired) electrons. The second-order valence-corrected chi connectivity index (χ2v) is 5.54. The molecule has 0 bridgehead atoms. The molecule has 0 fully saturated rings. The molecule has 0 unspecified atom stereocenters. The lowest BCUT2D eigenvalue weighted by molar-refractivity contribution is -0.380. The lowest BCUT2D eigenvalue weighted by atomic mass is 9.95. The van der Waals surface area contributed by atoms with Gasteiger partial charge in [0.25, 0.3) is 0 Å². The molecule has 0 aliphatic carbocycles. The molecule has 0 saturated carbocycles. The highest BCUT2D eigenvalue weighted by Gasteiger charge is 2.14. The van der Waals surface area contributed by atoms with Crippen molar-refractivity contribution in [3.63, 3.8) is 0 Å². The zero-order valence-corrected chi connectivity index (χ0v) is 12.1. The summed E-state index contributed by atoms with van der Waals surface area (Å²) in [6.45, 7) is 2.03. The first-order chi connectivity index (χ1) is 10.2. The smallest absolute Gasteiger partial charge is 0.264 e. The summed E-state index contributed by atoms with van der Waals surface area (Å²) in [6, 6.07) is 11.5. The Labute approximate surface area is 125 Å². The number of pyridine rings is 1. The average Bonchev–Trinajstić information content (AvgIpc) is 2.98. The molecule has 1 aromatic carbocycles. The monoisotopic (exact) mass is 296 g/mol. The van der Waals surface area contributed by atoms with Crippen molar-refractivity contribution in [3.8, 4) is 22.3 Å². The highest BCUT2D eigenvalue weighted by atomic mass is 32.1. The molecule has 0 aliphatic heterocycles. The Hall–Kier alpha value is -2.53. The van der Waals surface area contributed by atoms with Crippen molar-refractivity contribution in [1.29, 1.82) is 0 Å². The maximum atomic E-state index is 10.8. The molecule has 104 valence electrons. The molecule has 3 rings (SSSR count). The van der Waals surface area contributed by atoms with E-state index >= 15 is 0 Å². The summed E-state index contributed by atoms with van der Waals surface area (Å²) < 4.78 is 0. The van der Waals surface area contributed by atoms with Gasteiger partial charge in [-0.15, -0.1) is 0 Å². The standard InChI is InChI=1S/C16H12N2O2S/c1-11-14(12-4-3-7-17-9-12)5-2-6-15(11)13-8-16(18(19)20)21-10-13/h2-10H,1H3. The van der Waals surface area contributed by atoms with Gasteiger partial charge in [0.2, 0.25) is 0 Å². The molecule has 4 nitrogen and oxygen atoms in total. The van der Waals surface area contributed by atoms with Crippen LogP contribution in [0.15, 0.2) is 54.2 Å². The highest BCUT2D eigenvalue weighted by molar-refractivity contribution is 7.13. The highest BCUT2D eigenvalue weighted by Crippen LogP contribution is 2.35. The van der Waals surface area contributed by atoms with Crippen LogP contribution in [0.4, 0.5) is 5.00 Å². The van der Waals surface area contributed by atoms with E-state index in [9.17, 15) is 10.1 Å². The predicted molar refractivity (Wildman–Crippen MR) is 84.4 cm³/mol. The number of hydrogen-bond acceptors (Lipinski definition) is 4. The van der Waals surface area contributed by atoms with E-state index in [0.717, 1.165) is 39.2 Å². The van der Waals surface area contributed by atoms with Crippen LogP contribution < -0.4 is 0 Å². The van der Waals surface area contributed by atoms with E-state index in [0.29, 0.717) is 0 Å². The number of nitro groups is 1. The maximum Gasteiger partial charge on any atom is 0.324 e. The van der Waals surface area contributed by atoms with Crippen LogP contribution >= 0.6 is 11.3 Å². The maximum absolute atomic E-state index is 10.8. The van der Waals surface area contributed by atoms with Gasteiger partial charge < -0.3 is 0 Å². The van der Waals surface area contributed by atoms with E-state index in [1.165, 1.54) is 0 Å². The summed E-state index contributed by atoms with van der Waals surface area (Å²) in [5, 5.41) is 12.8. The minimum atomic E-state index is -0.353. The molecule has 2 heterocycles. The number of aromatic nitrogens is 1. The molecule has 0 N–H and O–H groups in total. The fourth-order valence-corrected chi connectivity index (χ4v) is 3.07. The SMILES string of the molecule is Cc1c(-c2cccnc2)cccc1-c1csc([N+](=O)[O-])c1. The molecule has 5 heteroatoms. The van der Waals surface area contributed by atoms with Crippen molar-refractivity contribution in [2.24, 2.45) is 0 Å². The fraction of sp³-hybridized carbons (Fsp3) is 0.0625. The number of benzene rings is 1. The molecule has 2 aromatic heterocycles. The van der Waals surface area contributed by atoms with Gasteiger partial charge in [-0.05, 0) is 35.2 Å². The summed E-state index contributed by atoms with van der Waals surface area (Å²) in [7, 11) is 0. The van der Waals surface area contributed by atoms with Gasteiger partial charge in [0.05, 0.1) is 4.92 Å². The van der Waals surface area contributed by atoms with Gasteiger partial charge in [0.15, 0.2) is 0 Å². The van der Waals surface area contributed by atoms with Crippen LogP contribution in [0.3, 0.4) is 0 Å². The second-order valence-electron chi connectivity index (χ2n) is 4.65. The van der Waals surface area contributed by atoms with Gasteiger partial charge >= 0.3 is 5.00 Å². The molecular formula is C16H12N2O2S. The zero-order valence-electron chi connectivity index (χ0n) is 11.3. The van der Waals surface area contributed by atoms with E-state index in [-0.39, 0.29) is 9.92 Å². The summed E-state index contributed by atoms with van der Waals surface area (Å²) >= 11 is 1.15. The third-order valence-electron chi connectivity index (χ3n) is 3.38. The normalized spacial score (nSPS) is 10.5. The van der Waals surface area contributed by atoms with Crippen LogP contribution in [0.5, 0.6) is 0 Å². The van der Waals surface area contributed by atoms with Crippen LogP contribution in [-0.4, -0.2) is 9.91 Å². The Morgan fingerprint density at radius 2 is 1.90 bits per heavy atom. The van der Waals surface area contributed by atoms with Crippen molar-refractivity contribution < 1.29 is 4.92 Å². The lowest BCUT2D eigenvalue weighted by Gasteiger charge is -2.10. The van der Waals surface area contributed by atoms with Gasteiger partial charge in [-0.3, -0.25) is 15.1 Å². The van der Waals surface area contributed by atoms with Gasteiger partial charge in [0.1, 0.15) is 0 Å². The van der Waals surface area contributed by atoms with Crippen molar-refractivity contribution >= 4 is 16.3 Å². The third-order valence-corrected chi connectivity index (χ3v) is 4.26. The van der Waals surface area contributed by atoms with Crippen LogP contribution in [-0.2, 0) is 0 Å². The predicted octanol–water partition coefficient (Wildman–Crippen LogP) is 4.69. The molecule has 0 saturated heterocycles. The Morgan fingerprint density at radius 3 is 2.52 bits per heavy atom. The first kappa shape index (κ1) is 13.5. The number of hydrogen-bond donors (Lipinski definition) is 0. The summed E-state index contributed by atoms with van der Waals surface area (Å²) in [5.41, 5.74) is 5.13. The molecule has 0 aliphatic rings. The largest absolute Gasteiger partial charge is 0.324 e. The number of nitrogens with zero attached hydrogens (tertiary/aromatic N) is 2. The molecule has 21 heavy (non-hydrogen) atoms. The Morgan fingerprint density at radius 1 is 1.14 bits per heavy atom. The summed E-state index contributed by atoms with van der Waals surface area (Å²) in [6.07, 6.45) is 3.56. The molecule has 3 aromatic rings. The summed E-state index contributed by atoms with van der Waals surface area (Å²) in [4.78, 5) is 14.6. The van der Waals surface area contributed by atoms with Crippen molar-refractivity contribution in [1.82, 2.24) is 4.98 Å².